The second kappa shape index (κ2) is 10.6. The number of halogens is 1. The fourth-order valence-corrected chi connectivity index (χ4v) is 4.11. The van der Waals surface area contributed by atoms with Gasteiger partial charge in [0.15, 0.2) is 11.6 Å². The first-order chi connectivity index (χ1) is 16.0. The quantitative estimate of drug-likeness (QED) is 0.669. The van der Waals surface area contributed by atoms with Gasteiger partial charge in [0.1, 0.15) is 0 Å². The third-order valence-electron chi connectivity index (χ3n) is 6.11. The zero-order valence-corrected chi connectivity index (χ0v) is 19.0. The predicted molar refractivity (Wildman–Crippen MR) is 126 cm³/mol. The number of piperazine rings is 1. The maximum absolute atomic E-state index is 14.6. The van der Waals surface area contributed by atoms with Gasteiger partial charge >= 0.3 is 0 Å². The molecule has 1 aromatic heterocycles. The van der Waals surface area contributed by atoms with Gasteiger partial charge in [0, 0.05) is 51.5 Å². The smallest absolute Gasteiger partial charge is 0.236 e. The Morgan fingerprint density at radius 1 is 1.06 bits per heavy atom. The lowest BCUT2D eigenvalue weighted by Gasteiger charge is -2.31. The Balaban J connectivity index is 1.25. The van der Waals surface area contributed by atoms with Gasteiger partial charge in [-0.25, -0.2) is 9.37 Å². The van der Waals surface area contributed by atoms with Crippen LogP contribution in [-0.4, -0.2) is 72.9 Å². The number of nitrogens with zero attached hydrogens (tertiary/aromatic N) is 4. The van der Waals surface area contributed by atoms with Crippen molar-refractivity contribution in [2.45, 2.75) is 25.8 Å². The summed E-state index contributed by atoms with van der Waals surface area (Å²) in [4.78, 5) is 33.8. The number of nitrogens with one attached hydrogen (secondary N) is 2. The average Bonchev–Trinajstić information content (AvgIpc) is 2.82. The number of carbonyl (C=O) groups is 2. The van der Waals surface area contributed by atoms with Gasteiger partial charge in [0.05, 0.1) is 25.0 Å². The fourth-order valence-electron chi connectivity index (χ4n) is 4.11. The molecule has 2 aliphatic heterocycles. The molecule has 0 radical (unpaired) electrons. The number of likely N-dealkylation sites (N-methyl/N-ethyl adjacent to an activating group) is 1. The Bertz CT molecular complexity index is 977. The number of hydrogen-bond acceptors (Lipinski definition) is 6. The second-order valence-electron chi connectivity index (χ2n) is 8.70. The van der Waals surface area contributed by atoms with Crippen molar-refractivity contribution in [3.8, 4) is 0 Å². The van der Waals surface area contributed by atoms with E-state index in [4.69, 9.17) is 0 Å². The van der Waals surface area contributed by atoms with E-state index in [2.05, 4.69) is 15.6 Å². The highest BCUT2D eigenvalue weighted by molar-refractivity contribution is 5.81. The van der Waals surface area contributed by atoms with Crippen molar-refractivity contribution in [2.75, 3.05) is 56.5 Å². The van der Waals surface area contributed by atoms with E-state index < -0.39 is 0 Å². The van der Waals surface area contributed by atoms with Crippen molar-refractivity contribution in [1.82, 2.24) is 20.1 Å². The summed E-state index contributed by atoms with van der Waals surface area (Å²) in [6.45, 7) is 3.93. The molecule has 0 bridgehead atoms. The summed E-state index contributed by atoms with van der Waals surface area (Å²) < 4.78 is 14.6. The van der Waals surface area contributed by atoms with Gasteiger partial charge in [-0.1, -0.05) is 12.1 Å². The Morgan fingerprint density at radius 3 is 2.52 bits per heavy atom. The molecule has 0 saturated carbocycles. The van der Waals surface area contributed by atoms with E-state index >= 15 is 0 Å². The van der Waals surface area contributed by atoms with Crippen LogP contribution in [0.3, 0.4) is 0 Å². The minimum atomic E-state index is -0.316. The number of rotatable bonds is 7. The number of amides is 2. The van der Waals surface area contributed by atoms with Crippen LogP contribution in [0.25, 0.3) is 0 Å². The molecule has 8 nitrogen and oxygen atoms in total. The van der Waals surface area contributed by atoms with Crippen LogP contribution < -0.4 is 15.5 Å². The van der Waals surface area contributed by atoms with E-state index in [0.717, 1.165) is 37.2 Å². The molecule has 1 aromatic carbocycles. The van der Waals surface area contributed by atoms with Gasteiger partial charge in [0.25, 0.3) is 0 Å². The SMILES string of the molecule is CN1CCN(CC(=O)NCc2ccc(Nc3cnc(N4CCCCC4)c(F)c3)cc2)CC1=O. The van der Waals surface area contributed by atoms with Gasteiger partial charge in [-0.05, 0) is 37.0 Å². The number of pyridine rings is 1. The first-order valence-corrected chi connectivity index (χ1v) is 11.5. The molecule has 176 valence electrons. The third-order valence-corrected chi connectivity index (χ3v) is 6.11. The molecule has 0 atom stereocenters. The highest BCUT2D eigenvalue weighted by atomic mass is 19.1. The monoisotopic (exact) mass is 454 g/mol. The van der Waals surface area contributed by atoms with E-state index in [1.165, 1.54) is 12.5 Å². The van der Waals surface area contributed by atoms with Crippen molar-refractivity contribution < 1.29 is 14.0 Å². The van der Waals surface area contributed by atoms with Crippen molar-refractivity contribution >= 4 is 29.0 Å². The predicted octanol–water partition coefficient (Wildman–Crippen LogP) is 2.34. The summed E-state index contributed by atoms with van der Waals surface area (Å²) in [7, 11) is 1.77. The largest absolute Gasteiger partial charge is 0.354 e. The molecule has 2 N–H and O–H groups in total. The maximum atomic E-state index is 14.6. The average molecular weight is 455 g/mol. The Morgan fingerprint density at radius 2 is 1.82 bits per heavy atom. The number of piperidine rings is 1. The minimum absolute atomic E-state index is 0.0355. The number of anilines is 3. The maximum Gasteiger partial charge on any atom is 0.236 e. The molecular formula is C24H31FN6O2. The second-order valence-corrected chi connectivity index (χ2v) is 8.70. The summed E-state index contributed by atoms with van der Waals surface area (Å²) >= 11 is 0. The Labute approximate surface area is 193 Å². The standard InChI is InChI=1S/C24H31FN6O2/c1-29-11-12-30(17-23(29)33)16-22(32)26-14-18-5-7-19(8-6-18)28-20-13-21(25)24(27-15-20)31-9-3-2-4-10-31/h5-8,13,15,28H,2-4,9-12,14,16-17H2,1H3,(H,26,32). The Hall–Kier alpha value is -3.20. The topological polar surface area (TPSA) is 80.8 Å². The molecule has 0 spiro atoms. The van der Waals surface area contributed by atoms with Crippen molar-refractivity contribution in [1.29, 1.82) is 0 Å². The number of carbonyl (C=O) groups excluding carboxylic acids is 2. The zero-order chi connectivity index (χ0) is 23.2. The molecule has 2 aromatic rings. The molecule has 2 saturated heterocycles. The van der Waals surface area contributed by atoms with Crippen LogP contribution in [0.5, 0.6) is 0 Å². The van der Waals surface area contributed by atoms with E-state index in [1.54, 1.807) is 18.1 Å². The molecule has 33 heavy (non-hydrogen) atoms. The molecule has 2 fully saturated rings. The third kappa shape index (κ3) is 6.19. The van der Waals surface area contributed by atoms with Gasteiger partial charge in [-0.2, -0.15) is 0 Å². The van der Waals surface area contributed by atoms with Gasteiger partial charge in [-0.3, -0.25) is 14.5 Å². The van der Waals surface area contributed by atoms with Gasteiger partial charge in [-0.15, -0.1) is 0 Å². The van der Waals surface area contributed by atoms with Gasteiger partial charge < -0.3 is 20.4 Å². The lowest BCUT2D eigenvalue weighted by atomic mass is 10.1. The van der Waals surface area contributed by atoms with Crippen LogP contribution in [0.1, 0.15) is 24.8 Å². The molecule has 9 heteroatoms. The summed E-state index contributed by atoms with van der Waals surface area (Å²) in [5.74, 6) is 0.0359. The van der Waals surface area contributed by atoms with Crippen molar-refractivity contribution in [3.63, 3.8) is 0 Å². The first-order valence-electron chi connectivity index (χ1n) is 11.5. The summed E-state index contributed by atoms with van der Waals surface area (Å²) in [5.41, 5.74) is 2.36. The van der Waals surface area contributed by atoms with Crippen molar-refractivity contribution in [3.05, 3.63) is 47.9 Å². The normalized spacial score (nSPS) is 17.2. The van der Waals surface area contributed by atoms with E-state index in [9.17, 15) is 14.0 Å². The van der Waals surface area contributed by atoms with E-state index in [0.29, 0.717) is 31.1 Å². The van der Waals surface area contributed by atoms with E-state index in [1.807, 2.05) is 34.1 Å². The lowest BCUT2D eigenvalue weighted by molar-refractivity contribution is -0.135. The fraction of sp³-hybridized carbons (Fsp3) is 0.458. The van der Waals surface area contributed by atoms with Crippen LogP contribution in [0.15, 0.2) is 36.5 Å². The zero-order valence-electron chi connectivity index (χ0n) is 19.0. The van der Waals surface area contributed by atoms with Crippen molar-refractivity contribution in [2.24, 2.45) is 0 Å². The molecule has 2 amide bonds. The Kier molecular flexibility index (Phi) is 7.39. The highest BCUT2D eigenvalue weighted by Crippen LogP contribution is 2.24. The van der Waals surface area contributed by atoms with Crippen LogP contribution in [-0.2, 0) is 16.1 Å². The molecule has 0 aliphatic carbocycles. The molecule has 4 rings (SSSR count). The lowest BCUT2D eigenvalue weighted by Crippen LogP contribution is -2.51. The summed E-state index contributed by atoms with van der Waals surface area (Å²) in [6.07, 6.45) is 4.99. The molecular weight excluding hydrogens is 423 g/mol. The highest BCUT2D eigenvalue weighted by Gasteiger charge is 2.22. The van der Waals surface area contributed by atoms with Crippen LogP contribution in [0.2, 0.25) is 0 Å². The molecule has 3 heterocycles. The first kappa shape index (κ1) is 23.0. The van der Waals surface area contributed by atoms with Crippen LogP contribution in [0.4, 0.5) is 21.6 Å². The summed E-state index contributed by atoms with van der Waals surface area (Å²) in [6, 6.07) is 9.07. The van der Waals surface area contributed by atoms with E-state index in [-0.39, 0.29) is 30.7 Å². The minimum Gasteiger partial charge on any atom is -0.354 e. The van der Waals surface area contributed by atoms with Crippen LogP contribution in [0, 0.1) is 5.82 Å². The number of aromatic nitrogens is 1. The summed E-state index contributed by atoms with van der Waals surface area (Å²) in [5, 5.41) is 6.07. The van der Waals surface area contributed by atoms with Crippen LogP contribution >= 0.6 is 0 Å². The molecule has 0 unspecified atom stereocenters. The van der Waals surface area contributed by atoms with Gasteiger partial charge in [0.2, 0.25) is 11.8 Å². The number of benzene rings is 1. The molecule has 2 aliphatic rings. The number of hydrogen-bond donors (Lipinski definition) is 2.